The molecule has 1 aromatic carbocycles. The molecule has 0 atom stereocenters. The zero-order chi connectivity index (χ0) is 18.1. The van der Waals surface area contributed by atoms with Gasteiger partial charge in [-0.3, -0.25) is 14.5 Å². The fourth-order valence-corrected chi connectivity index (χ4v) is 4.35. The Morgan fingerprint density at radius 3 is 2.50 bits per heavy atom. The standard InChI is InChI=1S/C20H20N2O3S/c1-25-15-8-3-2-7-14(15)13-22-19(23)17(16-9-6-12-26-16)18(20(22)24)21-10-4-5-11-21/h2-3,6-9,12H,4-5,10-11,13H2,1H3. The van der Waals surface area contributed by atoms with Crippen LogP contribution in [0.3, 0.4) is 0 Å². The van der Waals surface area contributed by atoms with Crippen LogP contribution in [0.2, 0.25) is 0 Å². The fourth-order valence-electron chi connectivity index (χ4n) is 3.59. The van der Waals surface area contributed by atoms with E-state index in [0.717, 1.165) is 36.4 Å². The maximum absolute atomic E-state index is 13.2. The summed E-state index contributed by atoms with van der Waals surface area (Å²) in [7, 11) is 1.59. The van der Waals surface area contributed by atoms with Crippen LogP contribution in [0.1, 0.15) is 23.3 Å². The molecule has 0 bridgehead atoms. The molecule has 1 fully saturated rings. The van der Waals surface area contributed by atoms with Gasteiger partial charge >= 0.3 is 0 Å². The first kappa shape index (κ1) is 16.8. The van der Waals surface area contributed by atoms with Crippen LogP contribution < -0.4 is 4.74 Å². The van der Waals surface area contributed by atoms with Crippen LogP contribution in [0.5, 0.6) is 5.75 Å². The van der Waals surface area contributed by atoms with Crippen LogP contribution >= 0.6 is 11.3 Å². The van der Waals surface area contributed by atoms with Crippen LogP contribution in [0.25, 0.3) is 5.57 Å². The zero-order valence-corrected chi connectivity index (χ0v) is 15.4. The summed E-state index contributed by atoms with van der Waals surface area (Å²) in [6.07, 6.45) is 2.10. The van der Waals surface area contributed by atoms with Crippen molar-refractivity contribution in [3.63, 3.8) is 0 Å². The molecule has 1 saturated heterocycles. The quantitative estimate of drug-likeness (QED) is 0.761. The molecule has 134 valence electrons. The summed E-state index contributed by atoms with van der Waals surface area (Å²) in [6, 6.07) is 11.3. The number of nitrogens with zero attached hydrogens (tertiary/aromatic N) is 2. The lowest BCUT2D eigenvalue weighted by Gasteiger charge is -2.20. The Morgan fingerprint density at radius 1 is 1.04 bits per heavy atom. The predicted molar refractivity (Wildman–Crippen MR) is 101 cm³/mol. The molecule has 0 spiro atoms. The van der Waals surface area contributed by atoms with E-state index >= 15 is 0 Å². The minimum atomic E-state index is -0.217. The first-order valence-corrected chi connectivity index (χ1v) is 9.60. The van der Waals surface area contributed by atoms with E-state index in [0.29, 0.717) is 17.0 Å². The topological polar surface area (TPSA) is 49.9 Å². The van der Waals surface area contributed by atoms with E-state index in [4.69, 9.17) is 4.74 Å². The van der Waals surface area contributed by atoms with Crippen molar-refractivity contribution >= 4 is 28.7 Å². The largest absolute Gasteiger partial charge is 0.496 e. The third-order valence-corrected chi connectivity index (χ3v) is 5.74. The average molecular weight is 368 g/mol. The Labute approximate surface area is 156 Å². The van der Waals surface area contributed by atoms with Crippen molar-refractivity contribution in [2.75, 3.05) is 20.2 Å². The molecule has 0 N–H and O–H groups in total. The van der Waals surface area contributed by atoms with Crippen molar-refractivity contribution < 1.29 is 14.3 Å². The highest BCUT2D eigenvalue weighted by Crippen LogP contribution is 2.36. The summed E-state index contributed by atoms with van der Waals surface area (Å²) in [5, 5.41) is 1.94. The molecule has 1 aromatic heterocycles. The molecule has 2 amide bonds. The third kappa shape index (κ3) is 2.80. The number of likely N-dealkylation sites (tertiary alicyclic amines) is 1. The Bertz CT molecular complexity index is 867. The number of hydrogen-bond donors (Lipinski definition) is 0. The molecule has 0 unspecified atom stereocenters. The van der Waals surface area contributed by atoms with Crippen LogP contribution in [-0.2, 0) is 16.1 Å². The van der Waals surface area contributed by atoms with Crippen molar-refractivity contribution in [3.05, 3.63) is 57.9 Å². The van der Waals surface area contributed by atoms with Gasteiger partial charge in [0.2, 0.25) is 0 Å². The van der Waals surface area contributed by atoms with Crippen molar-refractivity contribution in [1.29, 1.82) is 0 Å². The molecule has 6 heteroatoms. The van der Waals surface area contributed by atoms with Gasteiger partial charge in [-0.05, 0) is 30.4 Å². The number of amides is 2. The Balaban J connectivity index is 1.71. The van der Waals surface area contributed by atoms with E-state index < -0.39 is 0 Å². The van der Waals surface area contributed by atoms with E-state index in [-0.39, 0.29) is 18.4 Å². The lowest BCUT2D eigenvalue weighted by molar-refractivity contribution is -0.138. The number of benzene rings is 1. The predicted octanol–water partition coefficient (Wildman–Crippen LogP) is 3.13. The Kier molecular flexibility index (Phi) is 4.51. The summed E-state index contributed by atoms with van der Waals surface area (Å²) in [4.78, 5) is 30.6. The monoisotopic (exact) mass is 368 g/mol. The smallest absolute Gasteiger partial charge is 0.278 e. The molecular weight excluding hydrogens is 348 g/mol. The van der Waals surface area contributed by atoms with Gasteiger partial charge in [-0.25, -0.2) is 0 Å². The molecular formula is C20H20N2O3S. The van der Waals surface area contributed by atoms with Crippen molar-refractivity contribution in [2.24, 2.45) is 0 Å². The summed E-state index contributed by atoms with van der Waals surface area (Å²) < 4.78 is 5.38. The van der Waals surface area contributed by atoms with Crippen molar-refractivity contribution in [2.45, 2.75) is 19.4 Å². The van der Waals surface area contributed by atoms with E-state index in [2.05, 4.69) is 4.90 Å². The lowest BCUT2D eigenvalue weighted by Crippen LogP contribution is -2.34. The zero-order valence-electron chi connectivity index (χ0n) is 14.6. The van der Waals surface area contributed by atoms with Gasteiger partial charge in [0.05, 0.1) is 19.2 Å². The molecule has 0 saturated carbocycles. The number of methoxy groups -OCH3 is 1. The van der Waals surface area contributed by atoms with Crippen LogP contribution in [0.15, 0.2) is 47.5 Å². The summed E-state index contributed by atoms with van der Waals surface area (Å²) in [5.74, 6) is 0.261. The van der Waals surface area contributed by atoms with Gasteiger partial charge in [0.15, 0.2) is 0 Å². The second-order valence-corrected chi connectivity index (χ2v) is 7.35. The van der Waals surface area contributed by atoms with Gasteiger partial charge in [-0.2, -0.15) is 0 Å². The molecule has 3 heterocycles. The maximum Gasteiger partial charge on any atom is 0.278 e. The highest BCUT2D eigenvalue weighted by molar-refractivity contribution is 7.11. The number of para-hydroxylation sites is 1. The van der Waals surface area contributed by atoms with Crippen molar-refractivity contribution in [3.8, 4) is 5.75 Å². The normalized spacial score (nSPS) is 17.6. The van der Waals surface area contributed by atoms with Gasteiger partial charge in [-0.1, -0.05) is 24.3 Å². The fraction of sp³-hybridized carbons (Fsp3) is 0.300. The molecule has 2 aliphatic rings. The summed E-state index contributed by atoms with van der Waals surface area (Å²) in [5.41, 5.74) is 1.93. The number of ether oxygens (including phenoxy) is 1. The third-order valence-electron chi connectivity index (χ3n) is 4.85. The lowest BCUT2D eigenvalue weighted by atomic mass is 10.1. The molecule has 0 radical (unpaired) electrons. The molecule has 0 aliphatic carbocycles. The van der Waals surface area contributed by atoms with E-state index in [1.54, 1.807) is 7.11 Å². The van der Waals surface area contributed by atoms with Gasteiger partial charge < -0.3 is 9.64 Å². The molecule has 5 nitrogen and oxygen atoms in total. The average Bonchev–Trinajstić information content (AvgIpc) is 3.39. The summed E-state index contributed by atoms with van der Waals surface area (Å²) in [6.45, 7) is 1.87. The van der Waals surface area contributed by atoms with Gasteiger partial charge in [0.1, 0.15) is 11.4 Å². The Hall–Kier alpha value is -2.60. The van der Waals surface area contributed by atoms with Crippen molar-refractivity contribution in [1.82, 2.24) is 9.80 Å². The number of imide groups is 1. The highest BCUT2D eigenvalue weighted by atomic mass is 32.1. The second-order valence-electron chi connectivity index (χ2n) is 6.40. The van der Waals surface area contributed by atoms with Gasteiger partial charge in [0.25, 0.3) is 11.8 Å². The Morgan fingerprint density at radius 2 is 1.81 bits per heavy atom. The molecule has 4 rings (SSSR count). The van der Waals surface area contributed by atoms with E-state index in [1.165, 1.54) is 16.2 Å². The molecule has 26 heavy (non-hydrogen) atoms. The van der Waals surface area contributed by atoms with Crippen LogP contribution in [0.4, 0.5) is 0 Å². The number of thiophene rings is 1. The number of carbonyl (C=O) groups excluding carboxylic acids is 2. The number of carbonyl (C=O) groups is 2. The highest BCUT2D eigenvalue weighted by Gasteiger charge is 2.42. The SMILES string of the molecule is COc1ccccc1CN1C(=O)C(c2cccs2)=C(N2CCCC2)C1=O. The first-order chi connectivity index (χ1) is 12.7. The maximum atomic E-state index is 13.2. The minimum absolute atomic E-state index is 0.203. The van der Waals surface area contributed by atoms with Gasteiger partial charge in [-0.15, -0.1) is 11.3 Å². The van der Waals surface area contributed by atoms with Crippen LogP contribution in [0, 0.1) is 0 Å². The number of hydrogen-bond acceptors (Lipinski definition) is 5. The van der Waals surface area contributed by atoms with Gasteiger partial charge in [0, 0.05) is 23.5 Å². The van der Waals surface area contributed by atoms with E-state index in [9.17, 15) is 9.59 Å². The van der Waals surface area contributed by atoms with E-state index in [1.807, 2.05) is 41.8 Å². The van der Waals surface area contributed by atoms with Crippen LogP contribution in [-0.4, -0.2) is 41.8 Å². The molecule has 2 aliphatic heterocycles. The number of rotatable bonds is 5. The summed E-state index contributed by atoms with van der Waals surface area (Å²) >= 11 is 1.50. The minimum Gasteiger partial charge on any atom is -0.496 e. The molecule has 2 aromatic rings. The first-order valence-electron chi connectivity index (χ1n) is 8.72. The second kappa shape index (κ2) is 6.96.